The van der Waals surface area contributed by atoms with Crippen molar-refractivity contribution in [3.8, 4) is 17.6 Å². The quantitative estimate of drug-likeness (QED) is 0.192. The molecule has 3 N–H and O–H groups in total. The summed E-state index contributed by atoms with van der Waals surface area (Å²) in [6.45, 7) is -1.01. The van der Waals surface area contributed by atoms with Gasteiger partial charge in [0.15, 0.2) is 0 Å². The van der Waals surface area contributed by atoms with Crippen molar-refractivity contribution in [1.82, 2.24) is 0 Å². The van der Waals surface area contributed by atoms with E-state index in [1.807, 2.05) is 0 Å². The first-order valence-corrected chi connectivity index (χ1v) is 8.59. The molecule has 0 bridgehead atoms. The predicted molar refractivity (Wildman–Crippen MR) is 101 cm³/mol. The average molecular weight is 428 g/mol. The van der Waals surface area contributed by atoms with Crippen LogP contribution in [0.25, 0.3) is 0 Å². The van der Waals surface area contributed by atoms with Crippen LogP contribution in [-0.4, -0.2) is 59.4 Å². The Labute approximate surface area is 196 Å². The topological polar surface area (TPSA) is 119 Å². The molecule has 0 unspecified atom stereocenters. The van der Waals surface area contributed by atoms with Gasteiger partial charge in [0.05, 0.1) is 19.2 Å². The van der Waals surface area contributed by atoms with Crippen LogP contribution in [0.5, 0.6) is 5.75 Å². The molecule has 156 valence electrons. The van der Waals surface area contributed by atoms with Gasteiger partial charge in [-0.3, -0.25) is 0 Å². The molecule has 0 aliphatic heterocycles. The van der Waals surface area contributed by atoms with Crippen molar-refractivity contribution < 1.29 is 68.6 Å². The standard InChI is InChI=1S/C21H23FO7.Na/c22-16-9-11-18(12-10-16)29-13-17(23)7-5-3-1-2-4-6-8-19(24)20(25)14-28-15-21(26)27;/h2,4-12,17,19-20,23-25H,13-15H2,(H,26,27);/q;+1/p-1/b4-2+,7-5+,8-6+;/t17-,19+,20+;/m0./s1. The van der Waals surface area contributed by atoms with Crippen molar-refractivity contribution in [2.45, 2.75) is 18.3 Å². The summed E-state index contributed by atoms with van der Waals surface area (Å²) < 4.78 is 22.7. The smallest absolute Gasteiger partial charge is 0.548 e. The molecule has 1 rings (SSSR count). The summed E-state index contributed by atoms with van der Waals surface area (Å²) >= 11 is 0. The number of carboxylic acid groups (broad SMARTS) is 1. The molecule has 0 fully saturated rings. The molecular weight excluding hydrogens is 406 g/mol. The molecule has 0 aromatic heterocycles. The van der Waals surface area contributed by atoms with Crippen LogP contribution in [0.4, 0.5) is 4.39 Å². The molecule has 0 saturated heterocycles. The molecule has 0 amide bonds. The van der Waals surface area contributed by atoms with Gasteiger partial charge >= 0.3 is 29.6 Å². The van der Waals surface area contributed by atoms with Crippen molar-refractivity contribution in [1.29, 1.82) is 0 Å². The summed E-state index contributed by atoms with van der Waals surface area (Å²) in [5.41, 5.74) is 0. The van der Waals surface area contributed by atoms with E-state index in [1.54, 1.807) is 0 Å². The second-order valence-corrected chi connectivity index (χ2v) is 5.67. The van der Waals surface area contributed by atoms with E-state index in [0.29, 0.717) is 5.75 Å². The zero-order valence-electron chi connectivity index (χ0n) is 16.5. The van der Waals surface area contributed by atoms with E-state index in [1.165, 1.54) is 60.7 Å². The normalized spacial score (nSPS) is 14.1. The molecule has 0 spiro atoms. The van der Waals surface area contributed by atoms with E-state index in [0.717, 1.165) is 0 Å². The van der Waals surface area contributed by atoms with Crippen LogP contribution in [0.15, 0.2) is 60.7 Å². The number of aliphatic carboxylic acids is 1. The Morgan fingerprint density at radius 3 is 2.40 bits per heavy atom. The van der Waals surface area contributed by atoms with E-state index in [4.69, 9.17) is 4.74 Å². The third-order valence-electron chi connectivity index (χ3n) is 3.22. The number of hydrogen-bond donors (Lipinski definition) is 3. The Morgan fingerprint density at radius 2 is 1.73 bits per heavy atom. The number of aliphatic hydroxyl groups is 3. The van der Waals surface area contributed by atoms with Gasteiger partial charge < -0.3 is 34.7 Å². The summed E-state index contributed by atoms with van der Waals surface area (Å²) in [4.78, 5) is 10.2. The van der Waals surface area contributed by atoms with Gasteiger partial charge in [0.1, 0.15) is 36.5 Å². The van der Waals surface area contributed by atoms with Gasteiger partial charge in [-0.1, -0.05) is 30.1 Å². The Bertz CT molecular complexity index is 766. The monoisotopic (exact) mass is 428 g/mol. The number of benzene rings is 1. The number of halogens is 1. The largest absolute Gasteiger partial charge is 1.00 e. The third-order valence-corrected chi connectivity index (χ3v) is 3.22. The number of hydrogen-bond acceptors (Lipinski definition) is 7. The van der Waals surface area contributed by atoms with Gasteiger partial charge in [0, 0.05) is 0 Å². The van der Waals surface area contributed by atoms with Crippen LogP contribution in [0.3, 0.4) is 0 Å². The fourth-order valence-corrected chi connectivity index (χ4v) is 1.79. The zero-order valence-corrected chi connectivity index (χ0v) is 18.5. The molecule has 9 heteroatoms. The molecule has 1 aromatic carbocycles. The van der Waals surface area contributed by atoms with Crippen molar-refractivity contribution in [2.75, 3.05) is 19.8 Å². The number of allylic oxidation sites excluding steroid dienone is 4. The Hall–Kier alpha value is -1.96. The number of aliphatic hydroxyl groups excluding tert-OH is 3. The fourth-order valence-electron chi connectivity index (χ4n) is 1.79. The van der Waals surface area contributed by atoms with Gasteiger partial charge in [-0.25, -0.2) is 4.39 Å². The summed E-state index contributed by atoms with van der Waals surface area (Å²) in [6, 6.07) is 5.43. The van der Waals surface area contributed by atoms with E-state index in [-0.39, 0.29) is 48.6 Å². The van der Waals surface area contributed by atoms with Gasteiger partial charge in [-0.05, 0) is 42.5 Å². The summed E-state index contributed by atoms with van der Waals surface area (Å²) in [7, 11) is 0. The zero-order chi connectivity index (χ0) is 21.5. The molecule has 0 radical (unpaired) electrons. The molecule has 0 saturated carbocycles. The molecule has 3 atom stereocenters. The molecular formula is C21H22FNaO7. The average Bonchev–Trinajstić information content (AvgIpc) is 2.69. The molecule has 0 aliphatic rings. The fraction of sp³-hybridized carbons (Fsp3) is 0.286. The van der Waals surface area contributed by atoms with Gasteiger partial charge in [-0.15, -0.1) is 0 Å². The maximum atomic E-state index is 12.8. The van der Waals surface area contributed by atoms with Crippen LogP contribution < -0.4 is 39.4 Å². The number of rotatable bonds is 11. The Balaban J connectivity index is 0.00000841. The first kappa shape index (κ1) is 28.0. The van der Waals surface area contributed by atoms with Crippen molar-refractivity contribution in [3.63, 3.8) is 0 Å². The SMILES string of the molecule is O=C([O-])COC[C@@H](O)[C@H](O)/C=C/C=C/C#C/C=C/[C@H](O)COc1ccc(F)cc1.[Na+]. The first-order valence-electron chi connectivity index (χ1n) is 8.59. The predicted octanol–water partition coefficient (Wildman–Crippen LogP) is -3.27. The van der Waals surface area contributed by atoms with Crippen LogP contribution in [0, 0.1) is 17.7 Å². The minimum atomic E-state index is -1.41. The summed E-state index contributed by atoms with van der Waals surface area (Å²) in [5, 5.41) is 39.0. The Kier molecular flexibility index (Phi) is 15.7. The molecule has 0 heterocycles. The van der Waals surface area contributed by atoms with E-state index in [9.17, 15) is 29.6 Å². The van der Waals surface area contributed by atoms with Crippen LogP contribution in [0.1, 0.15) is 0 Å². The molecule has 30 heavy (non-hydrogen) atoms. The van der Waals surface area contributed by atoms with Gasteiger partial charge in [-0.2, -0.15) is 0 Å². The van der Waals surface area contributed by atoms with E-state index < -0.39 is 30.9 Å². The molecule has 0 aliphatic carbocycles. The summed E-state index contributed by atoms with van der Waals surface area (Å²) in [6.07, 6.45) is 5.24. The molecule has 7 nitrogen and oxygen atoms in total. The second kappa shape index (κ2) is 16.8. The number of carbonyl (C=O) groups excluding carboxylic acids is 1. The molecule has 1 aromatic rings. The summed E-state index contributed by atoms with van der Waals surface area (Å²) in [5.74, 6) is 3.99. The van der Waals surface area contributed by atoms with Crippen LogP contribution in [-0.2, 0) is 9.53 Å². The second-order valence-electron chi connectivity index (χ2n) is 5.67. The van der Waals surface area contributed by atoms with Crippen molar-refractivity contribution >= 4 is 5.97 Å². The minimum Gasteiger partial charge on any atom is -0.548 e. The maximum Gasteiger partial charge on any atom is 1.00 e. The number of carbonyl (C=O) groups is 1. The Morgan fingerprint density at radius 1 is 1.07 bits per heavy atom. The van der Waals surface area contributed by atoms with Crippen LogP contribution >= 0.6 is 0 Å². The number of carboxylic acids is 1. The van der Waals surface area contributed by atoms with Crippen LogP contribution in [0.2, 0.25) is 0 Å². The van der Waals surface area contributed by atoms with Gasteiger partial charge in [0.2, 0.25) is 0 Å². The van der Waals surface area contributed by atoms with Gasteiger partial charge in [0.25, 0.3) is 0 Å². The maximum absolute atomic E-state index is 12.8. The van der Waals surface area contributed by atoms with E-state index in [2.05, 4.69) is 16.6 Å². The van der Waals surface area contributed by atoms with Crippen molar-refractivity contribution in [3.05, 3.63) is 66.5 Å². The minimum absolute atomic E-state index is 0. The van der Waals surface area contributed by atoms with Crippen molar-refractivity contribution in [2.24, 2.45) is 0 Å². The first-order chi connectivity index (χ1) is 13.9. The van der Waals surface area contributed by atoms with E-state index >= 15 is 0 Å². The third kappa shape index (κ3) is 14.1. The number of ether oxygens (including phenoxy) is 2.